The molecule has 1 N–H and O–H groups in total. The van der Waals surface area contributed by atoms with Gasteiger partial charge in [0.1, 0.15) is 11.6 Å². The molecule has 1 atom stereocenters. The molecule has 0 saturated carbocycles. The van der Waals surface area contributed by atoms with E-state index in [9.17, 15) is 4.79 Å². The summed E-state index contributed by atoms with van der Waals surface area (Å²) < 4.78 is 7.60. The second kappa shape index (κ2) is 11.1. The number of piperidine rings is 1. The van der Waals surface area contributed by atoms with E-state index in [1.807, 2.05) is 42.5 Å². The van der Waals surface area contributed by atoms with E-state index in [1.165, 1.54) is 5.56 Å². The molecule has 4 aromatic rings. The van der Waals surface area contributed by atoms with Crippen LogP contribution in [0.4, 0.5) is 0 Å². The number of methoxy groups -OCH3 is 1. The topological polar surface area (TPSA) is 59.4 Å². The van der Waals surface area contributed by atoms with Gasteiger partial charge in [-0.05, 0) is 66.9 Å². The van der Waals surface area contributed by atoms with Crippen molar-refractivity contribution in [3.63, 3.8) is 0 Å². The first-order valence-corrected chi connectivity index (χ1v) is 12.8. The molecule has 5 rings (SSSR count). The Kier molecular flexibility index (Phi) is 7.54. The van der Waals surface area contributed by atoms with Gasteiger partial charge in [-0.25, -0.2) is 4.98 Å². The van der Waals surface area contributed by atoms with E-state index >= 15 is 0 Å². The molecule has 1 aliphatic rings. The minimum Gasteiger partial charge on any atom is -0.497 e. The van der Waals surface area contributed by atoms with E-state index < -0.39 is 0 Å². The number of carbonyl (C=O) groups is 1. The van der Waals surface area contributed by atoms with Gasteiger partial charge in [-0.15, -0.1) is 0 Å². The van der Waals surface area contributed by atoms with Gasteiger partial charge in [0.2, 0.25) is 5.91 Å². The van der Waals surface area contributed by atoms with Crippen molar-refractivity contribution in [3.05, 3.63) is 94.8 Å². The van der Waals surface area contributed by atoms with Crippen LogP contribution < -0.4 is 10.1 Å². The van der Waals surface area contributed by atoms with Crippen molar-refractivity contribution >= 4 is 28.5 Å². The summed E-state index contributed by atoms with van der Waals surface area (Å²) in [5.74, 6) is 1.96. The van der Waals surface area contributed by atoms with Crippen molar-refractivity contribution in [2.75, 3.05) is 20.2 Å². The van der Waals surface area contributed by atoms with Crippen LogP contribution in [0.5, 0.6) is 5.75 Å². The fourth-order valence-electron chi connectivity index (χ4n) is 4.88. The summed E-state index contributed by atoms with van der Waals surface area (Å²) in [5.41, 5.74) is 4.36. The fourth-order valence-corrected chi connectivity index (χ4v) is 5.01. The summed E-state index contributed by atoms with van der Waals surface area (Å²) >= 11 is 5.97. The number of benzene rings is 3. The van der Waals surface area contributed by atoms with Crippen molar-refractivity contribution in [1.82, 2.24) is 19.8 Å². The zero-order valence-corrected chi connectivity index (χ0v) is 21.2. The molecule has 1 saturated heterocycles. The quantitative estimate of drug-likeness (QED) is 0.356. The number of carbonyl (C=O) groups excluding carboxylic acids is 1. The van der Waals surface area contributed by atoms with E-state index in [-0.39, 0.29) is 11.8 Å². The Morgan fingerprint density at radius 2 is 1.78 bits per heavy atom. The number of amides is 1. The molecule has 1 aliphatic heterocycles. The first-order chi connectivity index (χ1) is 17.6. The SMILES string of the molecule is COc1ccc(Cn2c(CN3CCC[C@H](C(=O)NCc4ccc(Cl)cc4)C3)nc3ccccc32)cc1. The molecule has 186 valence electrons. The smallest absolute Gasteiger partial charge is 0.224 e. The van der Waals surface area contributed by atoms with Crippen LogP contribution in [0, 0.1) is 5.92 Å². The highest BCUT2D eigenvalue weighted by atomic mass is 35.5. The van der Waals surface area contributed by atoms with Gasteiger partial charge in [-0.1, -0.05) is 48.0 Å². The van der Waals surface area contributed by atoms with E-state index in [4.69, 9.17) is 21.3 Å². The van der Waals surface area contributed by atoms with Gasteiger partial charge in [0, 0.05) is 24.7 Å². The zero-order chi connectivity index (χ0) is 24.9. The highest BCUT2D eigenvalue weighted by Crippen LogP contribution is 2.23. The first-order valence-electron chi connectivity index (χ1n) is 12.4. The highest BCUT2D eigenvalue weighted by Gasteiger charge is 2.27. The average Bonchev–Trinajstić information content (AvgIpc) is 3.25. The number of rotatable bonds is 8. The van der Waals surface area contributed by atoms with E-state index in [0.29, 0.717) is 18.1 Å². The fraction of sp³-hybridized carbons (Fsp3) is 0.310. The Morgan fingerprint density at radius 1 is 1.03 bits per heavy atom. The minimum absolute atomic E-state index is 0.0227. The molecule has 0 bridgehead atoms. The summed E-state index contributed by atoms with van der Waals surface area (Å²) in [4.78, 5) is 20.3. The molecule has 0 aliphatic carbocycles. The number of ether oxygens (including phenoxy) is 1. The molecule has 3 aromatic carbocycles. The third kappa shape index (κ3) is 5.72. The van der Waals surface area contributed by atoms with Gasteiger partial charge in [0.05, 0.1) is 30.6 Å². The number of likely N-dealkylation sites (tertiary alicyclic amines) is 1. The summed E-state index contributed by atoms with van der Waals surface area (Å²) in [6.45, 7) is 3.67. The Labute approximate surface area is 216 Å². The van der Waals surface area contributed by atoms with Crippen LogP contribution in [0.15, 0.2) is 72.8 Å². The standard InChI is InChI=1S/C29H31ClN4O2/c1-36-25-14-10-22(11-15-25)18-34-27-7-3-2-6-26(27)32-28(34)20-33-16-4-5-23(19-33)29(35)31-17-21-8-12-24(30)13-9-21/h2-3,6-15,23H,4-5,16-20H2,1H3,(H,31,35)/t23-/m0/s1. The van der Waals surface area contributed by atoms with E-state index in [1.54, 1.807) is 7.11 Å². The summed E-state index contributed by atoms with van der Waals surface area (Å²) in [6.07, 6.45) is 1.91. The van der Waals surface area contributed by atoms with Crippen molar-refractivity contribution in [2.45, 2.75) is 32.5 Å². The molecule has 1 aromatic heterocycles. The van der Waals surface area contributed by atoms with Crippen LogP contribution in [0.1, 0.15) is 29.8 Å². The van der Waals surface area contributed by atoms with Crippen LogP contribution in [0.25, 0.3) is 11.0 Å². The number of nitrogens with zero attached hydrogens (tertiary/aromatic N) is 3. The van der Waals surface area contributed by atoms with Gasteiger partial charge in [-0.2, -0.15) is 0 Å². The molecule has 1 fully saturated rings. The number of hydrogen-bond donors (Lipinski definition) is 1. The predicted molar refractivity (Wildman–Crippen MR) is 143 cm³/mol. The third-order valence-electron chi connectivity index (χ3n) is 6.85. The summed E-state index contributed by atoms with van der Waals surface area (Å²) in [5, 5.41) is 3.81. The molecule has 36 heavy (non-hydrogen) atoms. The predicted octanol–water partition coefficient (Wildman–Crippen LogP) is 5.28. The highest BCUT2D eigenvalue weighted by molar-refractivity contribution is 6.30. The second-order valence-corrected chi connectivity index (χ2v) is 9.81. The van der Waals surface area contributed by atoms with Crippen molar-refractivity contribution < 1.29 is 9.53 Å². The molecule has 7 heteroatoms. The average molecular weight is 503 g/mol. The molecule has 2 heterocycles. The minimum atomic E-state index is -0.0227. The molecule has 0 spiro atoms. The van der Waals surface area contributed by atoms with Crippen molar-refractivity contribution in [2.24, 2.45) is 5.92 Å². The van der Waals surface area contributed by atoms with Crippen LogP contribution >= 0.6 is 11.6 Å². The maximum atomic E-state index is 12.9. The Hall–Kier alpha value is -3.35. The lowest BCUT2D eigenvalue weighted by atomic mass is 9.97. The lowest BCUT2D eigenvalue weighted by molar-refractivity contribution is -0.127. The van der Waals surface area contributed by atoms with Gasteiger partial charge in [-0.3, -0.25) is 9.69 Å². The van der Waals surface area contributed by atoms with Crippen LogP contribution in [-0.2, 0) is 24.4 Å². The summed E-state index contributed by atoms with van der Waals surface area (Å²) in [7, 11) is 1.68. The molecule has 1 amide bonds. The largest absolute Gasteiger partial charge is 0.497 e. The number of aromatic nitrogens is 2. The molecule has 0 unspecified atom stereocenters. The number of hydrogen-bond acceptors (Lipinski definition) is 4. The number of para-hydroxylation sites is 2. The van der Waals surface area contributed by atoms with Crippen molar-refractivity contribution in [1.29, 1.82) is 0 Å². The maximum Gasteiger partial charge on any atom is 0.224 e. The number of fused-ring (bicyclic) bond motifs is 1. The summed E-state index contributed by atoms with van der Waals surface area (Å²) in [6, 6.07) is 24.0. The number of imidazole rings is 1. The molecule has 0 radical (unpaired) electrons. The van der Waals surface area contributed by atoms with Crippen LogP contribution in [-0.4, -0.2) is 40.6 Å². The Morgan fingerprint density at radius 3 is 2.56 bits per heavy atom. The van der Waals surface area contributed by atoms with E-state index in [2.05, 4.69) is 45.1 Å². The number of nitrogens with one attached hydrogen (secondary N) is 1. The van der Waals surface area contributed by atoms with Gasteiger partial charge in [0.15, 0.2) is 0 Å². The number of halogens is 1. The lowest BCUT2D eigenvalue weighted by Crippen LogP contribution is -2.42. The Bertz CT molecular complexity index is 1320. The van der Waals surface area contributed by atoms with Gasteiger partial charge < -0.3 is 14.6 Å². The second-order valence-electron chi connectivity index (χ2n) is 9.37. The first kappa shape index (κ1) is 24.3. The van der Waals surface area contributed by atoms with Crippen LogP contribution in [0.3, 0.4) is 0 Å². The lowest BCUT2D eigenvalue weighted by Gasteiger charge is -2.31. The van der Waals surface area contributed by atoms with Gasteiger partial charge >= 0.3 is 0 Å². The monoisotopic (exact) mass is 502 g/mol. The molecule has 6 nitrogen and oxygen atoms in total. The third-order valence-corrected chi connectivity index (χ3v) is 7.11. The van der Waals surface area contributed by atoms with E-state index in [0.717, 1.165) is 60.6 Å². The maximum absolute atomic E-state index is 12.9. The van der Waals surface area contributed by atoms with Gasteiger partial charge in [0.25, 0.3) is 0 Å². The zero-order valence-electron chi connectivity index (χ0n) is 20.5. The Balaban J connectivity index is 1.28. The molecular weight excluding hydrogens is 472 g/mol. The van der Waals surface area contributed by atoms with Crippen molar-refractivity contribution in [3.8, 4) is 5.75 Å². The molecular formula is C29H31ClN4O2. The van der Waals surface area contributed by atoms with Crippen LogP contribution in [0.2, 0.25) is 5.02 Å². The normalized spacial score (nSPS) is 16.2.